The molecule has 0 radical (unpaired) electrons. The SMILES string of the molecule is CN(C)CCNC(=O)Cn1cc(N)nn1. The molecule has 0 unspecified atom stereocenters. The van der Waals surface area contributed by atoms with Crippen molar-refractivity contribution in [3.8, 4) is 0 Å². The number of hydrogen-bond acceptors (Lipinski definition) is 5. The second kappa shape index (κ2) is 5.30. The molecule has 15 heavy (non-hydrogen) atoms. The molecule has 0 spiro atoms. The number of nitrogen functional groups attached to an aromatic ring is 1. The zero-order valence-corrected chi connectivity index (χ0v) is 8.97. The topological polar surface area (TPSA) is 89.1 Å². The Balaban J connectivity index is 2.24. The summed E-state index contributed by atoms with van der Waals surface area (Å²) >= 11 is 0. The van der Waals surface area contributed by atoms with Gasteiger partial charge in [0.25, 0.3) is 0 Å². The number of nitrogens with two attached hydrogens (primary N) is 1. The highest BCUT2D eigenvalue weighted by atomic mass is 16.2. The van der Waals surface area contributed by atoms with Gasteiger partial charge >= 0.3 is 0 Å². The summed E-state index contributed by atoms with van der Waals surface area (Å²) in [7, 11) is 3.90. The predicted molar refractivity (Wildman–Crippen MR) is 56.0 cm³/mol. The number of likely N-dealkylation sites (N-methyl/N-ethyl adjacent to an activating group) is 1. The van der Waals surface area contributed by atoms with Crippen molar-refractivity contribution in [2.24, 2.45) is 0 Å². The largest absolute Gasteiger partial charge is 0.381 e. The summed E-state index contributed by atoms with van der Waals surface area (Å²) in [6, 6.07) is 0. The van der Waals surface area contributed by atoms with Gasteiger partial charge < -0.3 is 16.0 Å². The number of carbonyl (C=O) groups is 1. The lowest BCUT2D eigenvalue weighted by Gasteiger charge is -2.09. The van der Waals surface area contributed by atoms with E-state index >= 15 is 0 Å². The molecule has 1 rings (SSSR count). The summed E-state index contributed by atoms with van der Waals surface area (Å²) < 4.78 is 1.40. The fourth-order valence-corrected chi connectivity index (χ4v) is 1.01. The third-order valence-corrected chi connectivity index (χ3v) is 1.74. The predicted octanol–water partition coefficient (Wildman–Crippen LogP) is -1.46. The third-order valence-electron chi connectivity index (χ3n) is 1.74. The van der Waals surface area contributed by atoms with E-state index in [1.54, 1.807) is 0 Å². The van der Waals surface area contributed by atoms with E-state index in [2.05, 4.69) is 15.6 Å². The molecule has 84 valence electrons. The minimum absolute atomic E-state index is 0.0956. The fraction of sp³-hybridized carbons (Fsp3) is 0.625. The molecule has 0 bridgehead atoms. The normalized spacial score (nSPS) is 10.6. The number of anilines is 1. The van der Waals surface area contributed by atoms with Crippen molar-refractivity contribution in [1.82, 2.24) is 25.2 Å². The van der Waals surface area contributed by atoms with Gasteiger partial charge in [0.05, 0.1) is 6.20 Å². The van der Waals surface area contributed by atoms with Crippen LogP contribution < -0.4 is 11.1 Å². The molecule has 0 fully saturated rings. The maximum atomic E-state index is 11.3. The lowest BCUT2D eigenvalue weighted by molar-refractivity contribution is -0.121. The minimum atomic E-state index is -0.0956. The van der Waals surface area contributed by atoms with Gasteiger partial charge in [0.15, 0.2) is 5.82 Å². The first-order valence-corrected chi connectivity index (χ1v) is 4.65. The van der Waals surface area contributed by atoms with Crippen LogP contribution in [0, 0.1) is 0 Å². The highest BCUT2D eigenvalue weighted by molar-refractivity contribution is 5.75. The molecular weight excluding hydrogens is 196 g/mol. The van der Waals surface area contributed by atoms with Crippen LogP contribution in [-0.2, 0) is 11.3 Å². The molecule has 0 aliphatic heterocycles. The van der Waals surface area contributed by atoms with Gasteiger partial charge in [0.2, 0.25) is 5.91 Å². The van der Waals surface area contributed by atoms with Gasteiger partial charge in [-0.05, 0) is 14.1 Å². The van der Waals surface area contributed by atoms with Crippen LogP contribution in [0.25, 0.3) is 0 Å². The molecule has 0 aromatic carbocycles. The summed E-state index contributed by atoms with van der Waals surface area (Å²) in [6.45, 7) is 1.58. The summed E-state index contributed by atoms with van der Waals surface area (Å²) in [5.41, 5.74) is 5.36. The smallest absolute Gasteiger partial charge is 0.241 e. The van der Waals surface area contributed by atoms with Crippen molar-refractivity contribution in [3.05, 3.63) is 6.20 Å². The molecule has 0 aliphatic rings. The van der Waals surface area contributed by atoms with E-state index in [1.807, 2.05) is 19.0 Å². The summed E-state index contributed by atoms with van der Waals surface area (Å²) in [6.07, 6.45) is 1.52. The molecular formula is C8H16N6O. The van der Waals surface area contributed by atoms with Crippen molar-refractivity contribution in [1.29, 1.82) is 0 Å². The molecule has 7 heteroatoms. The average molecular weight is 212 g/mol. The standard InChI is InChI=1S/C8H16N6O/c1-13(2)4-3-10-8(15)6-14-5-7(9)11-12-14/h5H,3-4,6,9H2,1-2H3,(H,10,15). The van der Waals surface area contributed by atoms with Crippen LogP contribution in [-0.4, -0.2) is 53.0 Å². The molecule has 1 aromatic rings. The van der Waals surface area contributed by atoms with E-state index in [0.29, 0.717) is 12.4 Å². The number of carbonyl (C=O) groups excluding carboxylic acids is 1. The van der Waals surface area contributed by atoms with Crippen molar-refractivity contribution in [2.45, 2.75) is 6.54 Å². The Morgan fingerprint density at radius 1 is 1.67 bits per heavy atom. The third kappa shape index (κ3) is 4.41. The first-order chi connectivity index (χ1) is 7.08. The van der Waals surface area contributed by atoms with Crippen molar-refractivity contribution < 1.29 is 4.79 Å². The lowest BCUT2D eigenvalue weighted by atomic mass is 10.5. The van der Waals surface area contributed by atoms with Gasteiger partial charge in [-0.15, -0.1) is 5.10 Å². The van der Waals surface area contributed by atoms with E-state index in [4.69, 9.17) is 5.73 Å². The van der Waals surface area contributed by atoms with Crippen LogP contribution in [0.1, 0.15) is 0 Å². The van der Waals surface area contributed by atoms with Gasteiger partial charge in [-0.3, -0.25) is 4.79 Å². The Kier molecular flexibility index (Phi) is 4.04. The van der Waals surface area contributed by atoms with Crippen molar-refractivity contribution in [2.75, 3.05) is 32.9 Å². The number of hydrogen-bond donors (Lipinski definition) is 2. The monoisotopic (exact) mass is 212 g/mol. The molecule has 7 nitrogen and oxygen atoms in total. The zero-order chi connectivity index (χ0) is 11.3. The molecule has 1 aromatic heterocycles. The summed E-state index contributed by atoms with van der Waals surface area (Å²) in [5.74, 6) is 0.220. The molecule has 0 saturated carbocycles. The van der Waals surface area contributed by atoms with Gasteiger partial charge in [0, 0.05) is 13.1 Å². The number of nitrogens with zero attached hydrogens (tertiary/aromatic N) is 4. The second-order valence-corrected chi connectivity index (χ2v) is 3.49. The first-order valence-electron chi connectivity index (χ1n) is 4.65. The van der Waals surface area contributed by atoms with Gasteiger partial charge in [-0.2, -0.15) is 0 Å². The van der Waals surface area contributed by atoms with Crippen molar-refractivity contribution in [3.63, 3.8) is 0 Å². The molecule has 1 heterocycles. The first kappa shape index (κ1) is 11.4. The highest BCUT2D eigenvalue weighted by Crippen LogP contribution is 1.91. The lowest BCUT2D eigenvalue weighted by Crippen LogP contribution is -2.33. The molecule has 0 saturated heterocycles. The highest BCUT2D eigenvalue weighted by Gasteiger charge is 2.03. The van der Waals surface area contributed by atoms with Crippen LogP contribution >= 0.6 is 0 Å². The van der Waals surface area contributed by atoms with E-state index < -0.39 is 0 Å². The average Bonchev–Trinajstić information content (AvgIpc) is 2.50. The van der Waals surface area contributed by atoms with Crippen LogP contribution in [0.5, 0.6) is 0 Å². The van der Waals surface area contributed by atoms with E-state index in [9.17, 15) is 4.79 Å². The summed E-state index contributed by atoms with van der Waals surface area (Å²) in [4.78, 5) is 13.3. The summed E-state index contributed by atoms with van der Waals surface area (Å²) in [5, 5.41) is 10.0. The van der Waals surface area contributed by atoms with Crippen LogP contribution in [0.4, 0.5) is 5.82 Å². The van der Waals surface area contributed by atoms with E-state index in [-0.39, 0.29) is 12.5 Å². The Bertz CT molecular complexity index is 321. The Labute approximate surface area is 88.2 Å². The Morgan fingerprint density at radius 2 is 2.40 bits per heavy atom. The Hall–Kier alpha value is -1.63. The molecule has 3 N–H and O–H groups in total. The van der Waals surface area contributed by atoms with E-state index in [1.165, 1.54) is 10.9 Å². The number of rotatable bonds is 5. The fourth-order valence-electron chi connectivity index (χ4n) is 1.01. The van der Waals surface area contributed by atoms with Crippen molar-refractivity contribution >= 4 is 11.7 Å². The van der Waals surface area contributed by atoms with Gasteiger partial charge in [-0.25, -0.2) is 4.68 Å². The number of aromatic nitrogens is 3. The van der Waals surface area contributed by atoms with Crippen LogP contribution in [0.15, 0.2) is 6.20 Å². The quantitative estimate of drug-likeness (QED) is 0.622. The second-order valence-electron chi connectivity index (χ2n) is 3.49. The maximum Gasteiger partial charge on any atom is 0.241 e. The van der Waals surface area contributed by atoms with E-state index in [0.717, 1.165) is 6.54 Å². The van der Waals surface area contributed by atoms with Gasteiger partial charge in [-0.1, -0.05) is 5.21 Å². The molecule has 0 aliphatic carbocycles. The minimum Gasteiger partial charge on any atom is -0.381 e. The van der Waals surface area contributed by atoms with Crippen LogP contribution in [0.2, 0.25) is 0 Å². The van der Waals surface area contributed by atoms with Crippen LogP contribution in [0.3, 0.4) is 0 Å². The zero-order valence-electron chi connectivity index (χ0n) is 8.97. The Morgan fingerprint density at radius 3 is 2.93 bits per heavy atom. The molecule has 0 atom stereocenters. The maximum absolute atomic E-state index is 11.3. The number of nitrogens with one attached hydrogen (secondary N) is 1. The van der Waals surface area contributed by atoms with Gasteiger partial charge in [0.1, 0.15) is 6.54 Å². The molecule has 1 amide bonds. The number of amides is 1.